The summed E-state index contributed by atoms with van der Waals surface area (Å²) < 4.78 is 5.53. The van der Waals surface area contributed by atoms with Gasteiger partial charge in [0.1, 0.15) is 17.1 Å². The minimum absolute atomic E-state index is 0.0146. The van der Waals surface area contributed by atoms with Gasteiger partial charge in [0.15, 0.2) is 0 Å². The van der Waals surface area contributed by atoms with Gasteiger partial charge in [0.05, 0.1) is 5.56 Å². The van der Waals surface area contributed by atoms with Crippen LogP contribution in [0.25, 0.3) is 0 Å². The van der Waals surface area contributed by atoms with Gasteiger partial charge < -0.3 is 14.4 Å². The Balaban J connectivity index is 1.58. The molecule has 1 fully saturated rings. The van der Waals surface area contributed by atoms with Crippen molar-refractivity contribution in [3.63, 3.8) is 0 Å². The Morgan fingerprint density at radius 1 is 0.966 bits per heavy atom. The van der Waals surface area contributed by atoms with Gasteiger partial charge >= 0.3 is 0 Å². The predicted octanol–water partition coefficient (Wildman–Crippen LogP) is 4.68. The van der Waals surface area contributed by atoms with Crippen molar-refractivity contribution < 1.29 is 14.3 Å². The molecule has 0 radical (unpaired) electrons. The second-order valence-electron chi connectivity index (χ2n) is 7.89. The van der Waals surface area contributed by atoms with Crippen LogP contribution in [-0.2, 0) is 5.60 Å². The number of nitrogens with zero attached hydrogens (tertiary/aromatic N) is 1. The molecule has 1 aliphatic rings. The number of hydrogen-bond donors (Lipinski definition) is 1. The number of aliphatic hydroxyl groups is 1. The first-order chi connectivity index (χ1) is 14.0. The quantitative estimate of drug-likeness (QED) is 0.705. The minimum atomic E-state index is -1.07. The van der Waals surface area contributed by atoms with Crippen LogP contribution in [0.2, 0.25) is 0 Å². The number of amides is 1. The number of aryl methyl sites for hydroxylation is 2. The second-order valence-corrected chi connectivity index (χ2v) is 7.89. The minimum Gasteiger partial charge on any atom is -0.466 e. The van der Waals surface area contributed by atoms with Gasteiger partial charge in [-0.15, -0.1) is 0 Å². The maximum atomic E-state index is 12.9. The van der Waals surface area contributed by atoms with Crippen LogP contribution in [0.15, 0.2) is 71.1 Å². The van der Waals surface area contributed by atoms with Gasteiger partial charge in [0.25, 0.3) is 5.91 Å². The lowest BCUT2D eigenvalue weighted by Gasteiger charge is -2.42. The van der Waals surface area contributed by atoms with Crippen molar-refractivity contribution >= 4 is 5.91 Å². The zero-order valence-corrected chi connectivity index (χ0v) is 17.0. The zero-order chi connectivity index (χ0) is 20.4. The lowest BCUT2D eigenvalue weighted by molar-refractivity contribution is -0.0123. The van der Waals surface area contributed by atoms with E-state index in [0.29, 0.717) is 24.4 Å². The topological polar surface area (TPSA) is 53.7 Å². The molecular formula is C25H27NO3. The number of benzene rings is 2. The Morgan fingerprint density at radius 3 is 1.93 bits per heavy atom. The average molecular weight is 389 g/mol. The van der Waals surface area contributed by atoms with Crippen molar-refractivity contribution in [1.29, 1.82) is 0 Å². The molecule has 3 aromatic rings. The molecule has 4 heteroatoms. The fraction of sp³-hybridized carbons (Fsp3) is 0.320. The van der Waals surface area contributed by atoms with Crippen LogP contribution in [0.4, 0.5) is 0 Å². The zero-order valence-electron chi connectivity index (χ0n) is 17.0. The molecule has 1 aliphatic heterocycles. The van der Waals surface area contributed by atoms with Crippen molar-refractivity contribution in [3.05, 3.63) is 94.9 Å². The van der Waals surface area contributed by atoms with E-state index in [9.17, 15) is 9.90 Å². The summed E-state index contributed by atoms with van der Waals surface area (Å²) in [6, 6.07) is 21.6. The van der Waals surface area contributed by atoms with Crippen LogP contribution >= 0.6 is 0 Å². The second kappa shape index (κ2) is 7.88. The normalized spacial score (nSPS) is 15.5. The molecule has 2 aromatic carbocycles. The Kier molecular flexibility index (Phi) is 5.29. The van der Waals surface area contributed by atoms with E-state index in [2.05, 4.69) is 0 Å². The molecule has 0 saturated carbocycles. The van der Waals surface area contributed by atoms with Gasteiger partial charge in [-0.25, -0.2) is 0 Å². The molecule has 150 valence electrons. The van der Waals surface area contributed by atoms with Crippen LogP contribution in [0, 0.1) is 19.8 Å². The van der Waals surface area contributed by atoms with E-state index in [1.54, 1.807) is 0 Å². The molecule has 29 heavy (non-hydrogen) atoms. The van der Waals surface area contributed by atoms with Crippen molar-refractivity contribution in [2.75, 3.05) is 13.1 Å². The SMILES string of the molecule is Cc1cc(C(=O)N2CCC(C(O)(c3ccccc3)c3ccccc3)CC2)c(C)o1. The van der Waals surface area contributed by atoms with Crippen LogP contribution in [0.5, 0.6) is 0 Å². The highest BCUT2D eigenvalue weighted by atomic mass is 16.3. The number of carbonyl (C=O) groups is 1. The molecule has 1 saturated heterocycles. The summed E-state index contributed by atoms with van der Waals surface area (Å²) in [6.07, 6.45) is 1.48. The molecule has 4 nitrogen and oxygen atoms in total. The van der Waals surface area contributed by atoms with Gasteiger partial charge in [0.2, 0.25) is 0 Å². The van der Waals surface area contributed by atoms with Gasteiger partial charge in [-0.05, 0) is 49.8 Å². The number of piperidine rings is 1. The molecule has 0 bridgehead atoms. The monoisotopic (exact) mass is 389 g/mol. The highest BCUT2D eigenvalue weighted by Crippen LogP contribution is 2.42. The molecule has 0 aliphatic carbocycles. The Labute approximate surface area is 171 Å². The van der Waals surface area contributed by atoms with Crippen molar-refractivity contribution in [2.24, 2.45) is 5.92 Å². The van der Waals surface area contributed by atoms with E-state index in [1.807, 2.05) is 85.5 Å². The predicted molar refractivity (Wildman–Crippen MR) is 113 cm³/mol. The van der Waals surface area contributed by atoms with Crippen molar-refractivity contribution in [1.82, 2.24) is 4.90 Å². The fourth-order valence-electron chi connectivity index (χ4n) is 4.54. The van der Waals surface area contributed by atoms with Crippen LogP contribution in [-0.4, -0.2) is 29.0 Å². The summed E-state index contributed by atoms with van der Waals surface area (Å²) in [4.78, 5) is 14.8. The summed E-state index contributed by atoms with van der Waals surface area (Å²) in [5.41, 5.74) is 1.37. The lowest BCUT2D eigenvalue weighted by atomic mass is 9.72. The third-order valence-corrected chi connectivity index (χ3v) is 6.07. The number of carbonyl (C=O) groups excluding carboxylic acids is 1. The van der Waals surface area contributed by atoms with Gasteiger partial charge in [-0.2, -0.15) is 0 Å². The van der Waals surface area contributed by atoms with Gasteiger partial charge in [-0.1, -0.05) is 60.7 Å². The summed E-state index contributed by atoms with van der Waals surface area (Å²) in [5, 5.41) is 11.9. The van der Waals surface area contributed by atoms with Crippen LogP contribution in [0.3, 0.4) is 0 Å². The number of furan rings is 1. The Bertz CT molecular complexity index is 930. The molecule has 2 heterocycles. The molecule has 1 aromatic heterocycles. The number of likely N-dealkylation sites (tertiary alicyclic amines) is 1. The highest BCUT2D eigenvalue weighted by Gasteiger charge is 2.42. The molecule has 0 unspecified atom stereocenters. The summed E-state index contributed by atoms with van der Waals surface area (Å²) in [7, 11) is 0. The van der Waals surface area contributed by atoms with Crippen LogP contribution < -0.4 is 0 Å². The third-order valence-electron chi connectivity index (χ3n) is 6.07. The average Bonchev–Trinajstić information content (AvgIpc) is 3.12. The maximum Gasteiger partial charge on any atom is 0.257 e. The Hall–Kier alpha value is -2.85. The first-order valence-corrected chi connectivity index (χ1v) is 10.2. The van der Waals surface area contributed by atoms with E-state index < -0.39 is 5.60 Å². The van der Waals surface area contributed by atoms with E-state index in [1.165, 1.54) is 0 Å². The van der Waals surface area contributed by atoms with E-state index >= 15 is 0 Å². The largest absolute Gasteiger partial charge is 0.466 e. The first-order valence-electron chi connectivity index (χ1n) is 10.2. The molecule has 4 rings (SSSR count). The molecule has 1 N–H and O–H groups in total. The third kappa shape index (κ3) is 3.60. The fourth-order valence-corrected chi connectivity index (χ4v) is 4.54. The summed E-state index contributed by atoms with van der Waals surface area (Å²) >= 11 is 0. The summed E-state index contributed by atoms with van der Waals surface area (Å²) in [6.45, 7) is 4.93. The molecule has 1 amide bonds. The number of hydrogen-bond acceptors (Lipinski definition) is 3. The maximum absolute atomic E-state index is 12.9. The summed E-state index contributed by atoms with van der Waals surface area (Å²) in [5.74, 6) is 1.47. The molecule has 0 atom stereocenters. The van der Waals surface area contributed by atoms with Crippen LogP contribution in [0.1, 0.15) is 45.8 Å². The van der Waals surface area contributed by atoms with E-state index in [0.717, 1.165) is 29.7 Å². The lowest BCUT2D eigenvalue weighted by Crippen LogP contribution is -2.46. The highest BCUT2D eigenvalue weighted by molar-refractivity contribution is 5.95. The molecular weight excluding hydrogens is 362 g/mol. The van der Waals surface area contributed by atoms with Crippen molar-refractivity contribution in [3.8, 4) is 0 Å². The van der Waals surface area contributed by atoms with Gasteiger partial charge in [0, 0.05) is 13.1 Å². The smallest absolute Gasteiger partial charge is 0.257 e. The Morgan fingerprint density at radius 2 is 1.48 bits per heavy atom. The standard InChI is InChI=1S/C25H27NO3/c1-18-17-23(19(2)29-18)24(27)26-15-13-22(14-16-26)25(28,20-9-5-3-6-10-20)21-11-7-4-8-12-21/h3-12,17,22,28H,13-16H2,1-2H3. The number of rotatable bonds is 4. The van der Waals surface area contributed by atoms with Crippen molar-refractivity contribution in [2.45, 2.75) is 32.3 Å². The van der Waals surface area contributed by atoms with E-state index in [-0.39, 0.29) is 11.8 Å². The molecule has 0 spiro atoms. The first kappa shape index (κ1) is 19.5. The van der Waals surface area contributed by atoms with E-state index in [4.69, 9.17) is 4.42 Å². The van der Waals surface area contributed by atoms with Gasteiger partial charge in [-0.3, -0.25) is 4.79 Å².